The van der Waals surface area contributed by atoms with E-state index < -0.39 is 5.60 Å². The van der Waals surface area contributed by atoms with Gasteiger partial charge in [0, 0.05) is 44.3 Å². The summed E-state index contributed by atoms with van der Waals surface area (Å²) in [7, 11) is 1.82. The highest BCUT2D eigenvalue weighted by Crippen LogP contribution is 2.19. The Hall–Kier alpha value is -0.770. The fourth-order valence-corrected chi connectivity index (χ4v) is 3.83. The van der Waals surface area contributed by atoms with Crippen molar-refractivity contribution in [2.45, 2.75) is 110 Å². The molecule has 0 atom stereocenters. The molecule has 0 aromatic heterocycles. The fourth-order valence-electron chi connectivity index (χ4n) is 3.83. The second kappa shape index (κ2) is 14.3. The van der Waals surface area contributed by atoms with Crippen molar-refractivity contribution < 1.29 is 9.53 Å². The van der Waals surface area contributed by atoms with Crippen LogP contribution in [0.1, 0.15) is 80.6 Å². The lowest BCUT2D eigenvalue weighted by molar-refractivity contribution is 0.0490. The summed E-state index contributed by atoms with van der Waals surface area (Å²) in [4.78, 5) is 18.8. The molecule has 0 aliphatic heterocycles. The van der Waals surface area contributed by atoms with Gasteiger partial charge in [-0.2, -0.15) is 0 Å². The molecule has 3 N–H and O–H groups in total. The number of nitrogens with one attached hydrogen (secondary N) is 3. The van der Waals surface area contributed by atoms with Crippen LogP contribution in [0.15, 0.2) is 4.99 Å². The van der Waals surface area contributed by atoms with E-state index in [0.717, 1.165) is 51.2 Å². The van der Waals surface area contributed by atoms with Crippen molar-refractivity contribution in [1.82, 2.24) is 20.9 Å². The molecule has 1 saturated carbocycles. The van der Waals surface area contributed by atoms with Crippen LogP contribution in [0.25, 0.3) is 0 Å². The number of halogens is 1. The first kappa shape index (κ1) is 29.2. The van der Waals surface area contributed by atoms with Crippen LogP contribution in [0.3, 0.4) is 0 Å². The van der Waals surface area contributed by atoms with Gasteiger partial charge in [-0.3, -0.25) is 9.89 Å². The van der Waals surface area contributed by atoms with E-state index in [1.54, 1.807) is 0 Å². The Morgan fingerprint density at radius 2 is 1.53 bits per heavy atom. The van der Waals surface area contributed by atoms with Crippen molar-refractivity contribution in [3.05, 3.63) is 0 Å². The number of amides is 1. The Morgan fingerprint density at radius 1 is 1.03 bits per heavy atom. The third kappa shape index (κ3) is 12.2. The fraction of sp³-hybridized carbons (Fsp3) is 0.909. The van der Waals surface area contributed by atoms with E-state index >= 15 is 0 Å². The summed E-state index contributed by atoms with van der Waals surface area (Å²) < 4.78 is 5.35. The molecule has 0 radical (unpaired) electrons. The van der Waals surface area contributed by atoms with E-state index in [1.807, 2.05) is 27.8 Å². The van der Waals surface area contributed by atoms with Gasteiger partial charge in [-0.25, -0.2) is 4.79 Å². The summed E-state index contributed by atoms with van der Waals surface area (Å²) in [6, 6.07) is 1.71. The summed E-state index contributed by atoms with van der Waals surface area (Å²) in [5, 5.41) is 9.97. The predicted octanol–water partition coefficient (Wildman–Crippen LogP) is 4.11. The number of hydrogen-bond donors (Lipinski definition) is 3. The van der Waals surface area contributed by atoms with Crippen LogP contribution in [-0.2, 0) is 4.74 Å². The number of carbonyl (C=O) groups excluding carboxylic acids is 1. The second-order valence-corrected chi connectivity index (χ2v) is 9.62. The maximum absolute atomic E-state index is 11.9. The lowest BCUT2D eigenvalue weighted by Gasteiger charge is -2.32. The number of guanidine groups is 1. The van der Waals surface area contributed by atoms with E-state index in [0.29, 0.717) is 18.1 Å². The largest absolute Gasteiger partial charge is 0.444 e. The predicted molar refractivity (Wildman–Crippen MR) is 137 cm³/mol. The van der Waals surface area contributed by atoms with Crippen LogP contribution >= 0.6 is 24.0 Å². The number of nitrogens with zero attached hydrogens (tertiary/aromatic N) is 2. The molecule has 30 heavy (non-hydrogen) atoms. The molecular formula is C22H46IN5O2. The second-order valence-electron chi connectivity index (χ2n) is 9.62. The summed E-state index contributed by atoms with van der Waals surface area (Å²) in [6.45, 7) is 16.7. The Kier molecular flexibility index (Phi) is 14.0. The summed E-state index contributed by atoms with van der Waals surface area (Å²) in [5.41, 5.74) is -0.456. The van der Waals surface area contributed by atoms with Crippen molar-refractivity contribution in [1.29, 1.82) is 0 Å². The molecule has 1 fully saturated rings. The first-order chi connectivity index (χ1) is 13.5. The standard InChI is InChI=1S/C22H45N5O2.HI/c1-16(2)27(17(3)4)15-9-14-24-20(23-8)25-18-10-12-19(13-11-18)26-21(28)29-22(5,6)7;/h16-19H,9-15H2,1-8H3,(H,26,28)(H2,23,24,25);1H. The SMILES string of the molecule is CN=C(NCCCN(C(C)C)C(C)C)NC1CCC(NC(=O)OC(C)(C)C)CC1.I. The Balaban J connectivity index is 0.00000841. The average Bonchev–Trinajstić information content (AvgIpc) is 2.59. The van der Waals surface area contributed by atoms with Crippen molar-refractivity contribution in [3.63, 3.8) is 0 Å². The number of alkyl carbamates (subject to hydrolysis) is 1. The van der Waals surface area contributed by atoms with Crippen molar-refractivity contribution in [2.24, 2.45) is 4.99 Å². The first-order valence-electron chi connectivity index (χ1n) is 11.2. The highest BCUT2D eigenvalue weighted by molar-refractivity contribution is 14.0. The smallest absolute Gasteiger partial charge is 0.407 e. The van der Waals surface area contributed by atoms with Crippen molar-refractivity contribution in [2.75, 3.05) is 20.1 Å². The molecule has 0 aromatic rings. The highest BCUT2D eigenvalue weighted by atomic mass is 127. The van der Waals surface area contributed by atoms with Crippen LogP contribution < -0.4 is 16.0 Å². The third-order valence-electron chi connectivity index (χ3n) is 5.22. The van der Waals surface area contributed by atoms with Gasteiger partial charge in [0.25, 0.3) is 0 Å². The lowest BCUT2D eigenvalue weighted by atomic mass is 9.91. The number of aliphatic imine (C=N–C) groups is 1. The molecule has 1 aliphatic rings. The zero-order chi connectivity index (χ0) is 22.0. The van der Waals surface area contributed by atoms with Crippen LogP contribution in [0.4, 0.5) is 4.79 Å². The summed E-state index contributed by atoms with van der Waals surface area (Å²) in [6.07, 6.45) is 4.69. The molecule has 0 heterocycles. The van der Waals surface area contributed by atoms with E-state index in [1.165, 1.54) is 0 Å². The molecule has 0 spiro atoms. The van der Waals surface area contributed by atoms with E-state index in [9.17, 15) is 4.79 Å². The lowest BCUT2D eigenvalue weighted by Crippen LogP contribution is -2.48. The Bertz CT molecular complexity index is 504. The topological polar surface area (TPSA) is 78.0 Å². The van der Waals surface area contributed by atoms with Gasteiger partial charge in [0.1, 0.15) is 5.60 Å². The Labute approximate surface area is 201 Å². The van der Waals surface area contributed by atoms with Gasteiger partial charge in [0.15, 0.2) is 5.96 Å². The minimum absolute atomic E-state index is 0. The molecular weight excluding hydrogens is 493 g/mol. The van der Waals surface area contributed by atoms with Crippen molar-refractivity contribution >= 4 is 36.0 Å². The monoisotopic (exact) mass is 539 g/mol. The third-order valence-corrected chi connectivity index (χ3v) is 5.22. The summed E-state index contributed by atoms with van der Waals surface area (Å²) in [5.74, 6) is 0.870. The van der Waals surface area contributed by atoms with Crippen LogP contribution in [-0.4, -0.2) is 66.9 Å². The van der Waals surface area contributed by atoms with E-state index in [2.05, 4.69) is 53.5 Å². The Morgan fingerprint density at radius 3 is 1.97 bits per heavy atom. The highest BCUT2D eigenvalue weighted by Gasteiger charge is 2.25. The number of hydrogen-bond acceptors (Lipinski definition) is 4. The van der Waals surface area contributed by atoms with Crippen LogP contribution in [0.2, 0.25) is 0 Å². The molecule has 0 unspecified atom stereocenters. The molecule has 7 nitrogen and oxygen atoms in total. The van der Waals surface area contributed by atoms with Gasteiger partial charge in [-0.1, -0.05) is 0 Å². The average molecular weight is 540 g/mol. The van der Waals surface area contributed by atoms with Crippen LogP contribution in [0.5, 0.6) is 0 Å². The molecule has 0 bridgehead atoms. The van der Waals surface area contributed by atoms with E-state index in [-0.39, 0.29) is 36.1 Å². The van der Waals surface area contributed by atoms with E-state index in [4.69, 9.17) is 4.74 Å². The number of rotatable bonds is 8. The van der Waals surface area contributed by atoms with Gasteiger partial charge >= 0.3 is 6.09 Å². The zero-order valence-corrected chi connectivity index (χ0v) is 22.7. The number of carbonyl (C=O) groups is 1. The minimum atomic E-state index is -0.456. The van der Waals surface area contributed by atoms with Gasteiger partial charge in [-0.15, -0.1) is 24.0 Å². The quantitative estimate of drug-likeness (QED) is 0.187. The maximum Gasteiger partial charge on any atom is 0.407 e. The first-order valence-corrected chi connectivity index (χ1v) is 11.2. The molecule has 0 aromatic carbocycles. The van der Waals surface area contributed by atoms with Gasteiger partial charge in [0.05, 0.1) is 0 Å². The molecule has 0 saturated heterocycles. The van der Waals surface area contributed by atoms with Crippen molar-refractivity contribution in [3.8, 4) is 0 Å². The normalized spacial score (nSPS) is 20.2. The molecule has 1 aliphatic carbocycles. The van der Waals surface area contributed by atoms with Gasteiger partial charge < -0.3 is 20.7 Å². The van der Waals surface area contributed by atoms with Gasteiger partial charge in [-0.05, 0) is 80.6 Å². The zero-order valence-electron chi connectivity index (χ0n) is 20.4. The summed E-state index contributed by atoms with van der Waals surface area (Å²) >= 11 is 0. The molecule has 178 valence electrons. The van der Waals surface area contributed by atoms with Crippen LogP contribution in [0, 0.1) is 0 Å². The molecule has 8 heteroatoms. The number of ether oxygens (including phenoxy) is 1. The molecule has 1 rings (SSSR count). The minimum Gasteiger partial charge on any atom is -0.444 e. The van der Waals surface area contributed by atoms with Gasteiger partial charge in [0.2, 0.25) is 0 Å². The molecule has 1 amide bonds. The maximum atomic E-state index is 11.9.